The molecule has 8 nitrogen and oxygen atoms in total. The number of hydrazone groups is 1. The Kier molecular flexibility index (Phi) is 8.77. The third kappa shape index (κ3) is 6.90. The van der Waals surface area contributed by atoms with Crippen LogP contribution in [0.4, 0.5) is 11.6 Å². The Morgan fingerprint density at radius 1 is 1.12 bits per heavy atom. The lowest BCUT2D eigenvalue weighted by molar-refractivity contribution is 0.122. The van der Waals surface area contributed by atoms with Gasteiger partial charge in [-0.1, -0.05) is 35.9 Å². The summed E-state index contributed by atoms with van der Waals surface area (Å²) in [5.41, 5.74) is 6.17. The Morgan fingerprint density at radius 2 is 2.00 bits per heavy atom. The first-order valence-corrected chi connectivity index (χ1v) is 10.4. The molecule has 0 atom stereocenters. The molecule has 3 aromatic rings. The molecule has 1 aromatic carbocycles. The number of nitrogens with zero attached hydrogens (tertiary/aromatic N) is 5. The van der Waals surface area contributed by atoms with Crippen molar-refractivity contribution in [1.82, 2.24) is 15.0 Å². The molecule has 1 aliphatic rings. The van der Waals surface area contributed by atoms with Crippen molar-refractivity contribution in [3.8, 4) is 6.01 Å². The van der Waals surface area contributed by atoms with Crippen molar-refractivity contribution in [2.75, 3.05) is 43.2 Å². The van der Waals surface area contributed by atoms with Crippen molar-refractivity contribution in [1.29, 1.82) is 0 Å². The molecule has 0 unspecified atom stereocenters. The molecule has 4 rings (SSSR count). The zero-order valence-corrected chi connectivity index (χ0v) is 18.8. The van der Waals surface area contributed by atoms with Crippen LogP contribution >= 0.6 is 12.4 Å². The van der Waals surface area contributed by atoms with Gasteiger partial charge in [0.2, 0.25) is 0 Å². The molecular weight excluding hydrogens is 428 g/mol. The maximum Gasteiger partial charge on any atom is 0.320 e. The minimum absolute atomic E-state index is 0. The maximum absolute atomic E-state index is 5.85. The molecule has 1 aliphatic heterocycles. The Morgan fingerprint density at radius 3 is 2.78 bits per heavy atom. The third-order valence-electron chi connectivity index (χ3n) is 4.78. The van der Waals surface area contributed by atoms with Crippen molar-refractivity contribution >= 4 is 30.3 Å². The van der Waals surface area contributed by atoms with E-state index in [2.05, 4.69) is 49.4 Å². The fourth-order valence-electron chi connectivity index (χ4n) is 3.21. The van der Waals surface area contributed by atoms with E-state index in [1.54, 1.807) is 12.4 Å². The van der Waals surface area contributed by atoms with Crippen LogP contribution in [-0.4, -0.2) is 54.1 Å². The first-order chi connectivity index (χ1) is 15.3. The van der Waals surface area contributed by atoms with Gasteiger partial charge in [-0.15, -0.1) is 12.4 Å². The highest BCUT2D eigenvalue weighted by atomic mass is 35.5. The summed E-state index contributed by atoms with van der Waals surface area (Å²) in [4.78, 5) is 15.5. The minimum Gasteiger partial charge on any atom is -0.463 e. The number of benzene rings is 1. The van der Waals surface area contributed by atoms with Gasteiger partial charge in [0.05, 0.1) is 26.0 Å². The van der Waals surface area contributed by atoms with E-state index in [0.717, 1.165) is 30.2 Å². The van der Waals surface area contributed by atoms with E-state index >= 15 is 0 Å². The topological polar surface area (TPSA) is 84.8 Å². The molecule has 0 saturated carbocycles. The van der Waals surface area contributed by atoms with Crippen molar-refractivity contribution < 1.29 is 9.47 Å². The normalized spacial score (nSPS) is 13.6. The molecule has 0 amide bonds. The third-order valence-corrected chi connectivity index (χ3v) is 4.78. The molecule has 1 saturated heterocycles. The number of rotatable bonds is 8. The molecule has 0 radical (unpaired) electrons. The predicted molar refractivity (Wildman–Crippen MR) is 128 cm³/mol. The number of aromatic nitrogens is 3. The van der Waals surface area contributed by atoms with Crippen molar-refractivity contribution in [3.63, 3.8) is 0 Å². The fourth-order valence-corrected chi connectivity index (χ4v) is 3.21. The number of ether oxygens (including phenoxy) is 2. The van der Waals surface area contributed by atoms with Crippen LogP contribution in [0.2, 0.25) is 0 Å². The molecule has 3 heterocycles. The van der Waals surface area contributed by atoms with Crippen LogP contribution in [0.25, 0.3) is 0 Å². The van der Waals surface area contributed by atoms with E-state index < -0.39 is 0 Å². The summed E-state index contributed by atoms with van der Waals surface area (Å²) < 4.78 is 11.3. The maximum atomic E-state index is 5.85. The lowest BCUT2D eigenvalue weighted by Gasteiger charge is -2.28. The molecule has 2 aromatic heterocycles. The highest BCUT2D eigenvalue weighted by Gasteiger charge is 2.15. The molecule has 0 aliphatic carbocycles. The van der Waals surface area contributed by atoms with Gasteiger partial charge < -0.3 is 14.4 Å². The van der Waals surface area contributed by atoms with Crippen LogP contribution in [0, 0.1) is 6.92 Å². The summed E-state index contributed by atoms with van der Waals surface area (Å²) in [6.07, 6.45) is 4.23. The molecule has 32 heavy (non-hydrogen) atoms. The van der Waals surface area contributed by atoms with E-state index in [4.69, 9.17) is 9.47 Å². The highest BCUT2D eigenvalue weighted by molar-refractivity contribution is 5.85. The number of pyridine rings is 1. The smallest absolute Gasteiger partial charge is 0.320 e. The summed E-state index contributed by atoms with van der Waals surface area (Å²) in [5, 5.41) is 4.33. The SMILES string of the molecule is Cc1cccc(/C=N/Nc2cc(N3CCOCC3)nc(OCCc3ccccn3)n2)c1.Cl. The Bertz CT molecular complexity index is 1010. The molecule has 0 spiro atoms. The van der Waals surface area contributed by atoms with Gasteiger partial charge in [0.1, 0.15) is 5.82 Å². The largest absolute Gasteiger partial charge is 0.463 e. The second-order valence-electron chi connectivity index (χ2n) is 7.20. The van der Waals surface area contributed by atoms with Crippen molar-refractivity contribution in [2.45, 2.75) is 13.3 Å². The standard InChI is InChI=1S/C23H26N6O2.ClH/c1-18-5-4-6-19(15-18)17-25-28-21-16-22(29-10-13-30-14-11-29)27-23(26-21)31-12-8-20-7-2-3-9-24-20;/h2-7,9,15-17H,8,10-14H2,1H3,(H,26,27,28);1H/b25-17+;. The molecule has 9 heteroatoms. The van der Waals surface area contributed by atoms with Crippen LogP contribution in [0.3, 0.4) is 0 Å². The highest BCUT2D eigenvalue weighted by Crippen LogP contribution is 2.20. The van der Waals surface area contributed by atoms with E-state index in [-0.39, 0.29) is 12.4 Å². The van der Waals surface area contributed by atoms with Crippen LogP contribution in [-0.2, 0) is 11.2 Å². The van der Waals surface area contributed by atoms with Crippen LogP contribution in [0.15, 0.2) is 59.8 Å². The van der Waals surface area contributed by atoms with Crippen LogP contribution < -0.4 is 15.1 Å². The quantitative estimate of drug-likeness (QED) is 0.411. The average Bonchev–Trinajstić information content (AvgIpc) is 2.80. The van der Waals surface area contributed by atoms with Gasteiger partial charge in [-0.25, -0.2) is 0 Å². The van der Waals surface area contributed by atoms with Gasteiger partial charge in [0, 0.05) is 37.5 Å². The van der Waals surface area contributed by atoms with Gasteiger partial charge >= 0.3 is 6.01 Å². The molecule has 0 bridgehead atoms. The predicted octanol–water partition coefficient (Wildman–Crippen LogP) is 3.51. The Balaban J connectivity index is 0.00000289. The first kappa shape index (κ1) is 23.4. The lowest BCUT2D eigenvalue weighted by Crippen LogP contribution is -2.36. The summed E-state index contributed by atoms with van der Waals surface area (Å²) in [7, 11) is 0. The van der Waals surface area contributed by atoms with Crippen LogP contribution in [0.1, 0.15) is 16.8 Å². The summed E-state index contributed by atoms with van der Waals surface area (Å²) in [6, 6.07) is 16.2. The van der Waals surface area contributed by atoms with Gasteiger partial charge in [0.25, 0.3) is 0 Å². The first-order valence-electron chi connectivity index (χ1n) is 10.4. The fraction of sp³-hybridized carbons (Fsp3) is 0.304. The zero-order valence-electron chi connectivity index (χ0n) is 18.0. The number of halogens is 1. The number of hydrogen-bond donors (Lipinski definition) is 1. The van der Waals surface area contributed by atoms with Crippen molar-refractivity contribution in [2.24, 2.45) is 5.10 Å². The number of morpholine rings is 1. The number of hydrogen-bond acceptors (Lipinski definition) is 8. The monoisotopic (exact) mass is 454 g/mol. The molecule has 168 valence electrons. The summed E-state index contributed by atoms with van der Waals surface area (Å²) in [5.74, 6) is 1.37. The van der Waals surface area contributed by atoms with E-state index in [1.807, 2.05) is 36.4 Å². The molecular formula is C23H27ClN6O2. The van der Waals surface area contributed by atoms with Gasteiger partial charge in [-0.05, 0) is 24.6 Å². The van der Waals surface area contributed by atoms with E-state index in [9.17, 15) is 0 Å². The minimum atomic E-state index is 0. The average molecular weight is 455 g/mol. The second kappa shape index (κ2) is 12.0. The number of anilines is 2. The van der Waals surface area contributed by atoms with Gasteiger partial charge in [-0.3, -0.25) is 10.4 Å². The van der Waals surface area contributed by atoms with Crippen LogP contribution in [0.5, 0.6) is 6.01 Å². The number of aryl methyl sites for hydroxylation is 1. The molecule has 1 fully saturated rings. The van der Waals surface area contributed by atoms with Gasteiger partial charge in [0.15, 0.2) is 5.82 Å². The van der Waals surface area contributed by atoms with Gasteiger partial charge in [-0.2, -0.15) is 15.1 Å². The Labute approximate surface area is 194 Å². The Hall–Kier alpha value is -3.23. The second-order valence-corrected chi connectivity index (χ2v) is 7.20. The lowest BCUT2D eigenvalue weighted by atomic mass is 10.2. The summed E-state index contributed by atoms with van der Waals surface area (Å²) in [6.45, 7) is 5.39. The summed E-state index contributed by atoms with van der Waals surface area (Å²) >= 11 is 0. The van der Waals surface area contributed by atoms with E-state index in [1.165, 1.54) is 5.56 Å². The molecule has 1 N–H and O–H groups in total. The zero-order chi connectivity index (χ0) is 21.3. The number of nitrogens with one attached hydrogen (secondary N) is 1. The van der Waals surface area contributed by atoms with Crippen molar-refractivity contribution in [3.05, 3.63) is 71.5 Å². The van der Waals surface area contributed by atoms with E-state index in [0.29, 0.717) is 38.1 Å².